The number of hydrogen-bond acceptors (Lipinski definition) is 3. The predicted octanol–water partition coefficient (Wildman–Crippen LogP) is 0.923. The molecule has 4 nitrogen and oxygen atoms in total. The van der Waals surface area contributed by atoms with Gasteiger partial charge in [-0.05, 0) is 32.2 Å². The minimum Gasteiger partial charge on any atom is -0.481 e. The highest BCUT2D eigenvalue weighted by Crippen LogP contribution is 2.31. The van der Waals surface area contributed by atoms with Gasteiger partial charge >= 0.3 is 5.97 Å². The lowest BCUT2D eigenvalue weighted by atomic mass is 9.94. The molecule has 0 bridgehead atoms. The van der Waals surface area contributed by atoms with Crippen LogP contribution in [0.15, 0.2) is 0 Å². The monoisotopic (exact) mass is 226 g/mol. The van der Waals surface area contributed by atoms with E-state index in [-0.39, 0.29) is 5.92 Å². The number of nitrogens with one attached hydrogen (secondary N) is 1. The van der Waals surface area contributed by atoms with E-state index in [0.29, 0.717) is 12.1 Å². The van der Waals surface area contributed by atoms with E-state index in [9.17, 15) is 4.79 Å². The SMILES string of the molecule is CCCNC1CC(C(=O)O)CN(C2CC2)C1. The van der Waals surface area contributed by atoms with E-state index in [1.54, 1.807) is 0 Å². The summed E-state index contributed by atoms with van der Waals surface area (Å²) in [6.45, 7) is 4.93. The molecule has 1 heterocycles. The molecule has 2 rings (SSSR count). The van der Waals surface area contributed by atoms with Gasteiger partial charge in [0.25, 0.3) is 0 Å². The molecule has 1 saturated carbocycles. The fourth-order valence-electron chi connectivity index (χ4n) is 2.55. The molecule has 0 amide bonds. The summed E-state index contributed by atoms with van der Waals surface area (Å²) in [5, 5.41) is 12.6. The second-order valence-electron chi connectivity index (χ2n) is 5.11. The third kappa shape index (κ3) is 2.95. The zero-order valence-electron chi connectivity index (χ0n) is 9.98. The number of rotatable bonds is 5. The number of carboxylic acid groups (broad SMARTS) is 1. The van der Waals surface area contributed by atoms with E-state index in [1.807, 2.05) is 0 Å². The Morgan fingerprint density at radius 2 is 2.19 bits per heavy atom. The summed E-state index contributed by atoms with van der Waals surface area (Å²) in [6.07, 6.45) is 4.41. The zero-order chi connectivity index (χ0) is 11.5. The van der Waals surface area contributed by atoms with Gasteiger partial charge in [0.1, 0.15) is 0 Å². The van der Waals surface area contributed by atoms with E-state index in [2.05, 4.69) is 17.1 Å². The van der Waals surface area contributed by atoms with Gasteiger partial charge in [0.2, 0.25) is 0 Å². The maximum Gasteiger partial charge on any atom is 0.307 e. The van der Waals surface area contributed by atoms with E-state index in [1.165, 1.54) is 12.8 Å². The molecule has 2 atom stereocenters. The molecule has 4 heteroatoms. The molecule has 1 aliphatic carbocycles. The Balaban J connectivity index is 1.90. The van der Waals surface area contributed by atoms with Crippen molar-refractivity contribution in [1.29, 1.82) is 0 Å². The number of aliphatic carboxylic acids is 1. The zero-order valence-corrected chi connectivity index (χ0v) is 9.98. The molecule has 92 valence electrons. The smallest absolute Gasteiger partial charge is 0.307 e. The van der Waals surface area contributed by atoms with Gasteiger partial charge in [-0.2, -0.15) is 0 Å². The first-order valence-corrected chi connectivity index (χ1v) is 6.41. The van der Waals surface area contributed by atoms with Crippen LogP contribution < -0.4 is 5.32 Å². The van der Waals surface area contributed by atoms with Crippen LogP contribution >= 0.6 is 0 Å². The number of hydrogen-bond donors (Lipinski definition) is 2. The second kappa shape index (κ2) is 5.15. The highest BCUT2D eigenvalue weighted by molar-refractivity contribution is 5.70. The normalized spacial score (nSPS) is 31.6. The summed E-state index contributed by atoms with van der Waals surface area (Å²) >= 11 is 0. The molecular formula is C12H22N2O2. The fourth-order valence-corrected chi connectivity index (χ4v) is 2.55. The minimum atomic E-state index is -0.631. The minimum absolute atomic E-state index is 0.177. The quantitative estimate of drug-likeness (QED) is 0.732. The Hall–Kier alpha value is -0.610. The van der Waals surface area contributed by atoms with Crippen LogP contribution in [0.25, 0.3) is 0 Å². The van der Waals surface area contributed by atoms with Crippen LogP contribution in [0.1, 0.15) is 32.6 Å². The van der Waals surface area contributed by atoms with Gasteiger partial charge < -0.3 is 10.4 Å². The number of carboxylic acids is 1. The maximum atomic E-state index is 11.1. The number of carbonyl (C=O) groups is 1. The average Bonchev–Trinajstić information content (AvgIpc) is 3.09. The van der Waals surface area contributed by atoms with Crippen LogP contribution in [-0.4, -0.2) is 47.7 Å². The van der Waals surface area contributed by atoms with Crippen LogP contribution in [0.3, 0.4) is 0 Å². The molecule has 2 aliphatic rings. The predicted molar refractivity (Wildman–Crippen MR) is 62.4 cm³/mol. The van der Waals surface area contributed by atoms with Crippen molar-refractivity contribution in [3.63, 3.8) is 0 Å². The largest absolute Gasteiger partial charge is 0.481 e. The highest BCUT2D eigenvalue weighted by Gasteiger charge is 2.38. The van der Waals surface area contributed by atoms with Crippen molar-refractivity contribution < 1.29 is 9.90 Å². The van der Waals surface area contributed by atoms with Gasteiger partial charge in [-0.3, -0.25) is 9.69 Å². The summed E-state index contributed by atoms with van der Waals surface area (Å²) in [5.74, 6) is -0.808. The third-order valence-corrected chi connectivity index (χ3v) is 3.57. The van der Waals surface area contributed by atoms with Crippen molar-refractivity contribution in [2.24, 2.45) is 5.92 Å². The Morgan fingerprint density at radius 1 is 1.44 bits per heavy atom. The molecule has 2 N–H and O–H groups in total. The van der Waals surface area contributed by atoms with Gasteiger partial charge in [-0.15, -0.1) is 0 Å². The Morgan fingerprint density at radius 3 is 2.75 bits per heavy atom. The number of piperidine rings is 1. The standard InChI is InChI=1S/C12H22N2O2/c1-2-5-13-10-6-9(12(15)16)7-14(8-10)11-3-4-11/h9-11,13H,2-8H2,1H3,(H,15,16). The number of nitrogens with zero attached hydrogens (tertiary/aromatic N) is 1. The Labute approximate surface area is 97.0 Å². The molecule has 0 radical (unpaired) electrons. The van der Waals surface area contributed by atoms with Gasteiger partial charge in [0.15, 0.2) is 0 Å². The summed E-state index contributed by atoms with van der Waals surface area (Å²) in [5.41, 5.74) is 0. The van der Waals surface area contributed by atoms with E-state index in [0.717, 1.165) is 32.5 Å². The molecule has 0 spiro atoms. The Kier molecular flexibility index (Phi) is 3.82. The molecule has 0 aromatic carbocycles. The molecule has 1 aliphatic heterocycles. The van der Waals surface area contributed by atoms with Crippen LogP contribution in [0.4, 0.5) is 0 Å². The first-order valence-electron chi connectivity index (χ1n) is 6.41. The topological polar surface area (TPSA) is 52.6 Å². The summed E-state index contributed by atoms with van der Waals surface area (Å²) in [7, 11) is 0. The lowest BCUT2D eigenvalue weighted by Crippen LogP contribution is -2.51. The van der Waals surface area contributed by atoms with Gasteiger partial charge in [0.05, 0.1) is 5.92 Å². The first kappa shape index (κ1) is 11.9. The fraction of sp³-hybridized carbons (Fsp3) is 0.917. The van der Waals surface area contributed by atoms with Gasteiger partial charge in [-0.1, -0.05) is 6.92 Å². The van der Waals surface area contributed by atoms with Crippen molar-refractivity contribution in [1.82, 2.24) is 10.2 Å². The molecule has 2 unspecified atom stereocenters. The molecule has 16 heavy (non-hydrogen) atoms. The maximum absolute atomic E-state index is 11.1. The molecule has 0 aromatic rings. The van der Waals surface area contributed by atoms with Crippen molar-refractivity contribution in [2.75, 3.05) is 19.6 Å². The number of likely N-dealkylation sites (tertiary alicyclic amines) is 1. The van der Waals surface area contributed by atoms with Crippen molar-refractivity contribution in [3.8, 4) is 0 Å². The van der Waals surface area contributed by atoms with Crippen LogP contribution in [0, 0.1) is 5.92 Å². The van der Waals surface area contributed by atoms with Gasteiger partial charge in [0, 0.05) is 25.2 Å². The summed E-state index contributed by atoms with van der Waals surface area (Å²) in [6, 6.07) is 1.04. The summed E-state index contributed by atoms with van der Waals surface area (Å²) < 4.78 is 0. The lowest BCUT2D eigenvalue weighted by molar-refractivity contribution is -0.144. The van der Waals surface area contributed by atoms with Gasteiger partial charge in [-0.25, -0.2) is 0 Å². The van der Waals surface area contributed by atoms with Crippen LogP contribution in [0.2, 0.25) is 0 Å². The van der Waals surface area contributed by atoms with Crippen LogP contribution in [-0.2, 0) is 4.79 Å². The average molecular weight is 226 g/mol. The van der Waals surface area contributed by atoms with Crippen molar-refractivity contribution >= 4 is 5.97 Å². The van der Waals surface area contributed by atoms with E-state index >= 15 is 0 Å². The molecule has 2 fully saturated rings. The first-order chi connectivity index (χ1) is 7.70. The molecular weight excluding hydrogens is 204 g/mol. The highest BCUT2D eigenvalue weighted by atomic mass is 16.4. The lowest BCUT2D eigenvalue weighted by Gasteiger charge is -2.36. The Bertz CT molecular complexity index is 253. The molecule has 0 aromatic heterocycles. The second-order valence-corrected chi connectivity index (χ2v) is 5.11. The van der Waals surface area contributed by atoms with Crippen molar-refractivity contribution in [2.45, 2.75) is 44.7 Å². The summed E-state index contributed by atoms with van der Waals surface area (Å²) in [4.78, 5) is 13.5. The van der Waals surface area contributed by atoms with Crippen molar-refractivity contribution in [3.05, 3.63) is 0 Å². The van der Waals surface area contributed by atoms with E-state index < -0.39 is 5.97 Å². The third-order valence-electron chi connectivity index (χ3n) is 3.57. The van der Waals surface area contributed by atoms with E-state index in [4.69, 9.17) is 5.11 Å². The molecule has 1 saturated heterocycles. The van der Waals surface area contributed by atoms with Crippen LogP contribution in [0.5, 0.6) is 0 Å².